The maximum atomic E-state index is 12.6. The van der Waals surface area contributed by atoms with E-state index < -0.39 is 5.92 Å². The minimum atomic E-state index is -0.577. The minimum absolute atomic E-state index is 0. The van der Waals surface area contributed by atoms with Crippen LogP contribution < -0.4 is 15.9 Å². The van der Waals surface area contributed by atoms with Crippen LogP contribution in [-0.2, 0) is 6.61 Å². The Balaban J connectivity index is 0.00000256. The lowest BCUT2D eigenvalue weighted by molar-refractivity contribution is 0.302. The first-order valence-corrected chi connectivity index (χ1v) is 9.36. The highest BCUT2D eigenvalue weighted by atomic mass is 35.5. The van der Waals surface area contributed by atoms with Gasteiger partial charge in [0.25, 0.3) is 11.1 Å². The third kappa shape index (κ3) is 3.97. The second kappa shape index (κ2) is 8.92. The highest BCUT2D eigenvalue weighted by Crippen LogP contribution is 2.36. The standard InChI is InChI=1S/C22H22N4O3.ClH/c1-13-18(21(27)25-23-13)20(19-14(2)24-26-22(19)28)16-10-6-7-11-17(16)29-12-15-8-4-3-5-9-15;/h3-11,20H,12H2,1-2H3,(H2,23,25,27)(H2,24,26,28);1H. The minimum Gasteiger partial charge on any atom is -0.489 e. The van der Waals surface area contributed by atoms with Gasteiger partial charge < -0.3 is 14.9 Å². The summed E-state index contributed by atoms with van der Waals surface area (Å²) in [5.41, 5.74) is 3.62. The van der Waals surface area contributed by atoms with Crippen molar-refractivity contribution in [2.75, 3.05) is 0 Å². The SMILES string of the molecule is Cc1[nH][nH]c(=O)c1C(c1ccccc1OCc1ccccc1)c1c(C)[nH][nH]c1=O.Cl. The molecule has 0 aliphatic carbocycles. The van der Waals surface area contributed by atoms with Gasteiger partial charge in [-0.15, -0.1) is 12.4 Å². The second-order valence-corrected chi connectivity index (χ2v) is 6.98. The Morgan fingerprint density at radius 1 is 0.767 bits per heavy atom. The van der Waals surface area contributed by atoms with Gasteiger partial charge in [0.15, 0.2) is 0 Å². The number of nitrogens with one attached hydrogen (secondary N) is 4. The summed E-state index contributed by atoms with van der Waals surface area (Å²) in [6.07, 6.45) is 0. The molecule has 7 nitrogen and oxygen atoms in total. The summed E-state index contributed by atoms with van der Waals surface area (Å²) in [4.78, 5) is 25.2. The zero-order valence-electron chi connectivity index (χ0n) is 16.6. The summed E-state index contributed by atoms with van der Waals surface area (Å²) in [5, 5.41) is 11.0. The van der Waals surface area contributed by atoms with E-state index in [1.54, 1.807) is 0 Å². The van der Waals surface area contributed by atoms with Crippen LogP contribution in [0.4, 0.5) is 0 Å². The van der Waals surface area contributed by atoms with E-state index in [4.69, 9.17) is 4.74 Å². The fourth-order valence-electron chi connectivity index (χ4n) is 3.65. The van der Waals surface area contributed by atoms with E-state index >= 15 is 0 Å². The predicted molar refractivity (Wildman–Crippen MR) is 118 cm³/mol. The van der Waals surface area contributed by atoms with Gasteiger partial charge >= 0.3 is 0 Å². The van der Waals surface area contributed by atoms with Crippen LogP contribution in [0.1, 0.15) is 39.6 Å². The molecule has 0 bridgehead atoms. The smallest absolute Gasteiger partial charge is 0.268 e. The lowest BCUT2D eigenvalue weighted by Gasteiger charge is -2.20. The number of hydrogen-bond acceptors (Lipinski definition) is 3. The van der Waals surface area contributed by atoms with E-state index in [9.17, 15) is 9.59 Å². The van der Waals surface area contributed by atoms with E-state index in [0.29, 0.717) is 34.9 Å². The summed E-state index contributed by atoms with van der Waals surface area (Å²) < 4.78 is 6.11. The van der Waals surface area contributed by atoms with Crippen LogP contribution in [0.5, 0.6) is 5.75 Å². The summed E-state index contributed by atoms with van der Waals surface area (Å²) in [5.74, 6) is 0.0494. The van der Waals surface area contributed by atoms with Gasteiger partial charge in [0.05, 0.1) is 17.0 Å². The molecule has 0 amide bonds. The second-order valence-electron chi connectivity index (χ2n) is 6.98. The molecular formula is C22H23ClN4O3. The predicted octanol–water partition coefficient (Wildman–Crippen LogP) is 3.52. The lowest BCUT2D eigenvalue weighted by atomic mass is 9.85. The first-order chi connectivity index (χ1) is 14.1. The lowest BCUT2D eigenvalue weighted by Crippen LogP contribution is -2.21. The van der Waals surface area contributed by atoms with Gasteiger partial charge in [0, 0.05) is 17.0 Å². The zero-order valence-corrected chi connectivity index (χ0v) is 17.4. The average molecular weight is 427 g/mol. The van der Waals surface area contributed by atoms with Crippen molar-refractivity contribution >= 4 is 12.4 Å². The number of aromatic nitrogens is 4. The molecule has 0 spiro atoms. The number of aromatic amines is 4. The van der Waals surface area contributed by atoms with Crippen molar-refractivity contribution in [3.8, 4) is 5.75 Å². The Kier molecular flexibility index (Phi) is 6.32. The molecule has 2 heterocycles. The molecule has 4 aromatic rings. The molecule has 0 atom stereocenters. The molecule has 0 unspecified atom stereocenters. The Bertz CT molecular complexity index is 1180. The van der Waals surface area contributed by atoms with Gasteiger partial charge in [-0.3, -0.25) is 19.8 Å². The van der Waals surface area contributed by atoms with Gasteiger partial charge in [-0.1, -0.05) is 48.5 Å². The highest BCUT2D eigenvalue weighted by Gasteiger charge is 2.30. The molecule has 2 aromatic carbocycles. The number of halogens is 1. The third-order valence-electron chi connectivity index (χ3n) is 5.07. The molecule has 0 fully saturated rings. The first-order valence-electron chi connectivity index (χ1n) is 9.36. The van der Waals surface area contributed by atoms with E-state index in [-0.39, 0.29) is 23.5 Å². The van der Waals surface area contributed by atoms with Gasteiger partial charge in [-0.05, 0) is 25.5 Å². The Labute approximate surface area is 178 Å². The van der Waals surface area contributed by atoms with Crippen molar-refractivity contribution in [3.05, 3.63) is 109 Å². The maximum Gasteiger partial charge on any atom is 0.268 e. The van der Waals surface area contributed by atoms with Gasteiger partial charge in [0.1, 0.15) is 12.4 Å². The number of para-hydroxylation sites is 1. The number of benzene rings is 2. The molecule has 0 aliphatic heterocycles. The van der Waals surface area contributed by atoms with Crippen LogP contribution >= 0.6 is 12.4 Å². The van der Waals surface area contributed by atoms with E-state index in [0.717, 1.165) is 11.1 Å². The Hall–Kier alpha value is -3.45. The van der Waals surface area contributed by atoms with Crippen molar-refractivity contribution in [2.24, 2.45) is 0 Å². The highest BCUT2D eigenvalue weighted by molar-refractivity contribution is 5.85. The molecule has 2 aromatic heterocycles. The van der Waals surface area contributed by atoms with Crippen LogP contribution in [-0.4, -0.2) is 20.4 Å². The Morgan fingerprint density at radius 3 is 1.83 bits per heavy atom. The molecular weight excluding hydrogens is 404 g/mol. The molecule has 4 rings (SSSR count). The van der Waals surface area contributed by atoms with Crippen LogP contribution in [0, 0.1) is 13.8 Å². The number of H-pyrrole nitrogens is 4. The molecule has 156 valence electrons. The third-order valence-corrected chi connectivity index (χ3v) is 5.07. The molecule has 0 saturated carbocycles. The molecule has 8 heteroatoms. The molecule has 0 radical (unpaired) electrons. The van der Waals surface area contributed by atoms with Gasteiger partial charge in [-0.2, -0.15) is 0 Å². The topological polar surface area (TPSA) is 107 Å². The van der Waals surface area contributed by atoms with E-state index in [1.165, 1.54) is 0 Å². The summed E-state index contributed by atoms with van der Waals surface area (Å²) in [7, 11) is 0. The van der Waals surface area contributed by atoms with Crippen molar-refractivity contribution in [2.45, 2.75) is 26.4 Å². The van der Waals surface area contributed by atoms with Crippen molar-refractivity contribution in [3.63, 3.8) is 0 Å². The molecule has 4 N–H and O–H groups in total. The van der Waals surface area contributed by atoms with Crippen LogP contribution in [0.3, 0.4) is 0 Å². The number of hydrogen-bond donors (Lipinski definition) is 4. The Morgan fingerprint density at radius 2 is 1.30 bits per heavy atom. The summed E-state index contributed by atoms with van der Waals surface area (Å²) >= 11 is 0. The normalized spacial score (nSPS) is 10.8. The van der Waals surface area contributed by atoms with E-state index in [2.05, 4.69) is 20.4 Å². The molecule has 30 heavy (non-hydrogen) atoms. The molecule has 0 saturated heterocycles. The summed E-state index contributed by atoms with van der Waals surface area (Å²) in [6, 6.07) is 17.4. The quantitative estimate of drug-likeness (QED) is 0.379. The number of aryl methyl sites for hydroxylation is 2. The van der Waals surface area contributed by atoms with Gasteiger partial charge in [0.2, 0.25) is 0 Å². The number of ether oxygens (including phenoxy) is 1. The first kappa shape index (κ1) is 21.3. The van der Waals surface area contributed by atoms with Crippen molar-refractivity contribution in [1.29, 1.82) is 0 Å². The van der Waals surface area contributed by atoms with Crippen LogP contribution in [0.15, 0.2) is 64.2 Å². The van der Waals surface area contributed by atoms with Crippen LogP contribution in [0.2, 0.25) is 0 Å². The van der Waals surface area contributed by atoms with E-state index in [1.807, 2.05) is 68.4 Å². The van der Waals surface area contributed by atoms with Crippen molar-refractivity contribution < 1.29 is 4.74 Å². The summed E-state index contributed by atoms with van der Waals surface area (Å²) in [6.45, 7) is 4.00. The van der Waals surface area contributed by atoms with Gasteiger partial charge in [-0.25, -0.2) is 0 Å². The largest absolute Gasteiger partial charge is 0.489 e. The van der Waals surface area contributed by atoms with Crippen molar-refractivity contribution in [1.82, 2.24) is 20.4 Å². The fourth-order valence-corrected chi connectivity index (χ4v) is 3.65. The zero-order chi connectivity index (χ0) is 20.4. The average Bonchev–Trinajstić information content (AvgIpc) is 3.24. The maximum absolute atomic E-state index is 12.6. The number of rotatable bonds is 6. The van der Waals surface area contributed by atoms with Crippen LogP contribution in [0.25, 0.3) is 0 Å². The molecule has 0 aliphatic rings. The fraction of sp³-hybridized carbons (Fsp3) is 0.182. The monoisotopic (exact) mass is 426 g/mol.